The van der Waals surface area contributed by atoms with Crippen LogP contribution < -0.4 is 0 Å². The fourth-order valence-corrected chi connectivity index (χ4v) is 2.42. The van der Waals surface area contributed by atoms with Crippen molar-refractivity contribution in [1.29, 1.82) is 0 Å². The number of nitrogens with zero attached hydrogens (tertiary/aromatic N) is 3. The van der Waals surface area contributed by atoms with E-state index in [2.05, 4.69) is 10.2 Å². The zero-order valence-corrected chi connectivity index (χ0v) is 15.0. The van der Waals surface area contributed by atoms with Crippen molar-refractivity contribution in [2.75, 3.05) is 0 Å². The highest BCUT2D eigenvalue weighted by atomic mass is 16.6. The molecule has 27 heavy (non-hydrogen) atoms. The van der Waals surface area contributed by atoms with Crippen LogP contribution in [0.2, 0.25) is 0 Å². The van der Waals surface area contributed by atoms with Gasteiger partial charge in [0.25, 0.3) is 11.6 Å². The zero-order valence-electron chi connectivity index (χ0n) is 15.0. The number of hydrogen-bond acceptors (Lipinski definition) is 7. The first-order valence-electron chi connectivity index (χ1n) is 8.21. The second-order valence-corrected chi connectivity index (χ2v) is 6.12. The van der Waals surface area contributed by atoms with Crippen molar-refractivity contribution in [3.05, 3.63) is 75.2 Å². The summed E-state index contributed by atoms with van der Waals surface area (Å²) >= 11 is 0. The molecule has 0 N–H and O–H groups in total. The summed E-state index contributed by atoms with van der Waals surface area (Å²) in [5.41, 5.74) is 2.26. The molecular weight excluding hydrogens is 350 g/mol. The average molecular weight is 367 g/mol. The van der Waals surface area contributed by atoms with Crippen molar-refractivity contribution in [3.8, 4) is 11.5 Å². The van der Waals surface area contributed by atoms with Gasteiger partial charge in [0.2, 0.25) is 5.89 Å². The minimum atomic E-state index is -0.801. The molecule has 3 aromatic rings. The Hall–Kier alpha value is -3.55. The van der Waals surface area contributed by atoms with Crippen LogP contribution in [0.3, 0.4) is 0 Å². The van der Waals surface area contributed by atoms with E-state index in [9.17, 15) is 14.9 Å². The summed E-state index contributed by atoms with van der Waals surface area (Å²) in [6.07, 6.45) is -0.801. The third-order valence-corrected chi connectivity index (χ3v) is 4.01. The van der Waals surface area contributed by atoms with Gasteiger partial charge < -0.3 is 9.15 Å². The van der Waals surface area contributed by atoms with Crippen LogP contribution in [0.1, 0.15) is 40.4 Å². The van der Waals surface area contributed by atoms with Crippen LogP contribution in [0.4, 0.5) is 5.69 Å². The summed E-state index contributed by atoms with van der Waals surface area (Å²) in [6.45, 7) is 5.16. The van der Waals surface area contributed by atoms with Gasteiger partial charge >= 0.3 is 5.97 Å². The minimum absolute atomic E-state index is 0.0809. The van der Waals surface area contributed by atoms with Crippen LogP contribution in [0.15, 0.2) is 46.9 Å². The van der Waals surface area contributed by atoms with Crippen molar-refractivity contribution in [1.82, 2.24) is 10.2 Å². The van der Waals surface area contributed by atoms with Crippen LogP contribution in [0.25, 0.3) is 11.5 Å². The van der Waals surface area contributed by atoms with E-state index in [-0.39, 0.29) is 17.1 Å². The number of rotatable bonds is 5. The number of ether oxygens (including phenoxy) is 1. The van der Waals surface area contributed by atoms with Gasteiger partial charge in [0.05, 0.1) is 10.5 Å². The van der Waals surface area contributed by atoms with Gasteiger partial charge in [-0.1, -0.05) is 23.8 Å². The molecule has 8 nitrogen and oxygen atoms in total. The van der Waals surface area contributed by atoms with Gasteiger partial charge in [-0.2, -0.15) is 0 Å². The quantitative estimate of drug-likeness (QED) is 0.378. The Labute approximate surface area is 155 Å². The number of benzene rings is 2. The van der Waals surface area contributed by atoms with Crippen molar-refractivity contribution >= 4 is 11.7 Å². The Bertz CT molecular complexity index is 995. The standard InChI is InChI=1S/C19H17N3O5/c1-11-4-7-14(8-5-11)18-21-20-17(27-18)13(3)26-19(23)15-9-6-12(2)16(10-15)22(24)25/h4-10,13H,1-3H3/t13-/m1/s1. The first-order chi connectivity index (χ1) is 12.8. The maximum Gasteiger partial charge on any atom is 0.339 e. The summed E-state index contributed by atoms with van der Waals surface area (Å²) in [6, 6.07) is 11.7. The molecule has 138 valence electrons. The summed E-state index contributed by atoms with van der Waals surface area (Å²) in [4.78, 5) is 22.8. The van der Waals surface area contributed by atoms with E-state index in [0.29, 0.717) is 11.5 Å². The van der Waals surface area contributed by atoms with Crippen LogP contribution >= 0.6 is 0 Å². The van der Waals surface area contributed by atoms with Gasteiger partial charge in [-0.15, -0.1) is 10.2 Å². The summed E-state index contributed by atoms with van der Waals surface area (Å²) in [5, 5.41) is 18.9. The molecule has 1 heterocycles. The number of nitro benzene ring substituents is 1. The maximum atomic E-state index is 12.3. The first-order valence-corrected chi connectivity index (χ1v) is 8.21. The average Bonchev–Trinajstić information content (AvgIpc) is 3.12. The SMILES string of the molecule is Cc1ccc(-c2nnc([C@@H](C)OC(=O)c3ccc(C)c([N+](=O)[O-])c3)o2)cc1. The molecule has 0 aliphatic rings. The molecule has 0 bridgehead atoms. The lowest BCUT2D eigenvalue weighted by molar-refractivity contribution is -0.385. The Morgan fingerprint density at radius 3 is 2.52 bits per heavy atom. The van der Waals surface area contributed by atoms with Gasteiger partial charge in [0.1, 0.15) is 0 Å². The molecule has 0 amide bonds. The molecule has 2 aromatic carbocycles. The smallest absolute Gasteiger partial charge is 0.339 e. The van der Waals surface area contributed by atoms with Crippen LogP contribution in [0.5, 0.6) is 0 Å². The van der Waals surface area contributed by atoms with Crippen LogP contribution in [-0.4, -0.2) is 21.1 Å². The normalized spacial score (nSPS) is 11.8. The molecule has 0 aliphatic heterocycles. The topological polar surface area (TPSA) is 108 Å². The monoisotopic (exact) mass is 367 g/mol. The minimum Gasteiger partial charge on any atom is -0.449 e. The van der Waals surface area contributed by atoms with E-state index in [4.69, 9.17) is 9.15 Å². The molecule has 0 saturated carbocycles. The van der Waals surface area contributed by atoms with Crippen molar-refractivity contribution in [3.63, 3.8) is 0 Å². The van der Waals surface area contributed by atoms with Gasteiger partial charge in [0, 0.05) is 17.2 Å². The fraction of sp³-hybridized carbons (Fsp3) is 0.211. The summed E-state index contributed by atoms with van der Waals surface area (Å²) in [7, 11) is 0. The molecule has 3 rings (SSSR count). The largest absolute Gasteiger partial charge is 0.449 e. The number of carbonyl (C=O) groups excluding carboxylic acids is 1. The van der Waals surface area contributed by atoms with Gasteiger partial charge in [-0.25, -0.2) is 4.79 Å². The Morgan fingerprint density at radius 1 is 1.15 bits per heavy atom. The van der Waals surface area contributed by atoms with E-state index in [1.807, 2.05) is 31.2 Å². The van der Waals surface area contributed by atoms with Crippen LogP contribution in [0, 0.1) is 24.0 Å². The van der Waals surface area contributed by atoms with Crippen molar-refractivity contribution in [2.24, 2.45) is 0 Å². The van der Waals surface area contributed by atoms with E-state index >= 15 is 0 Å². The highest BCUT2D eigenvalue weighted by molar-refractivity contribution is 5.90. The van der Waals surface area contributed by atoms with E-state index in [0.717, 1.165) is 11.1 Å². The lowest BCUT2D eigenvalue weighted by Crippen LogP contribution is -2.10. The molecule has 8 heteroatoms. The number of hydrogen-bond donors (Lipinski definition) is 0. The molecule has 0 spiro atoms. The number of carbonyl (C=O) groups is 1. The van der Waals surface area contributed by atoms with Crippen molar-refractivity contribution < 1.29 is 18.9 Å². The maximum absolute atomic E-state index is 12.3. The molecule has 1 aromatic heterocycles. The van der Waals surface area contributed by atoms with Crippen molar-refractivity contribution in [2.45, 2.75) is 26.9 Å². The molecule has 0 aliphatic carbocycles. The van der Waals surface area contributed by atoms with Gasteiger partial charge in [-0.05, 0) is 39.0 Å². The Balaban J connectivity index is 1.75. The summed E-state index contributed by atoms with van der Waals surface area (Å²) in [5.74, 6) is -0.250. The molecule has 0 fully saturated rings. The third kappa shape index (κ3) is 4.00. The highest BCUT2D eigenvalue weighted by Crippen LogP contribution is 2.25. The lowest BCUT2D eigenvalue weighted by atomic mass is 10.1. The highest BCUT2D eigenvalue weighted by Gasteiger charge is 2.22. The summed E-state index contributed by atoms with van der Waals surface area (Å²) < 4.78 is 10.9. The number of nitro groups is 1. The fourth-order valence-electron chi connectivity index (χ4n) is 2.42. The second kappa shape index (κ2) is 7.36. The predicted molar refractivity (Wildman–Crippen MR) is 96.1 cm³/mol. The lowest BCUT2D eigenvalue weighted by Gasteiger charge is -2.09. The third-order valence-electron chi connectivity index (χ3n) is 4.01. The first kappa shape index (κ1) is 18.2. The number of aromatic nitrogens is 2. The number of esters is 1. The van der Waals surface area contributed by atoms with Gasteiger partial charge in [0.15, 0.2) is 6.10 Å². The molecule has 0 radical (unpaired) electrons. The van der Waals surface area contributed by atoms with E-state index < -0.39 is 17.0 Å². The predicted octanol–water partition coefficient (Wildman–Crippen LogP) is 4.18. The molecule has 0 saturated heterocycles. The van der Waals surface area contributed by atoms with E-state index in [1.165, 1.54) is 18.2 Å². The van der Waals surface area contributed by atoms with E-state index in [1.54, 1.807) is 13.8 Å². The molecule has 0 unspecified atom stereocenters. The molecule has 1 atom stereocenters. The Kier molecular flexibility index (Phi) is 4.98. The zero-order chi connectivity index (χ0) is 19.6. The number of aryl methyl sites for hydroxylation is 2. The van der Waals surface area contributed by atoms with Crippen LogP contribution in [-0.2, 0) is 4.74 Å². The molecular formula is C19H17N3O5. The van der Waals surface area contributed by atoms with Gasteiger partial charge in [-0.3, -0.25) is 10.1 Å². The Morgan fingerprint density at radius 2 is 1.85 bits per heavy atom. The second-order valence-electron chi connectivity index (χ2n) is 6.12.